The van der Waals surface area contributed by atoms with Gasteiger partial charge in [0, 0.05) is 44.5 Å². The molecule has 0 radical (unpaired) electrons. The van der Waals surface area contributed by atoms with Crippen LogP contribution >= 0.6 is 0 Å². The van der Waals surface area contributed by atoms with Gasteiger partial charge in [0.05, 0.1) is 12.7 Å². The van der Waals surface area contributed by atoms with E-state index >= 15 is 0 Å². The number of rotatable bonds is 5. The van der Waals surface area contributed by atoms with Crippen molar-refractivity contribution in [2.45, 2.75) is 6.54 Å². The maximum Gasteiger partial charge on any atom is 0.335 e. The first-order valence-electron chi connectivity index (χ1n) is 8.20. The zero-order valence-electron chi connectivity index (χ0n) is 14.1. The van der Waals surface area contributed by atoms with E-state index in [2.05, 4.69) is 9.80 Å². The second-order valence-corrected chi connectivity index (χ2v) is 6.08. The highest BCUT2D eigenvalue weighted by atomic mass is 19.1. The van der Waals surface area contributed by atoms with Crippen LogP contribution in [0.25, 0.3) is 0 Å². The zero-order valence-corrected chi connectivity index (χ0v) is 14.1. The normalized spacial score (nSPS) is 15.2. The molecule has 1 heterocycles. The van der Waals surface area contributed by atoms with Crippen molar-refractivity contribution in [3.63, 3.8) is 0 Å². The third kappa shape index (κ3) is 4.09. The van der Waals surface area contributed by atoms with Gasteiger partial charge in [-0.3, -0.25) is 4.90 Å². The summed E-state index contributed by atoms with van der Waals surface area (Å²) < 4.78 is 18.6. The van der Waals surface area contributed by atoms with Gasteiger partial charge in [0.15, 0.2) is 11.6 Å². The van der Waals surface area contributed by atoms with Crippen LogP contribution in [0, 0.1) is 5.82 Å². The number of hydrogen-bond acceptors (Lipinski definition) is 4. The van der Waals surface area contributed by atoms with Crippen LogP contribution in [-0.2, 0) is 6.54 Å². The predicted octanol–water partition coefficient (Wildman–Crippen LogP) is 2.85. The van der Waals surface area contributed by atoms with Gasteiger partial charge in [-0.1, -0.05) is 12.1 Å². The highest BCUT2D eigenvalue weighted by Gasteiger charge is 2.18. The number of hydrogen-bond donors (Lipinski definition) is 1. The highest BCUT2D eigenvalue weighted by molar-refractivity contribution is 5.87. The summed E-state index contributed by atoms with van der Waals surface area (Å²) in [7, 11) is 1.47. The monoisotopic (exact) mass is 344 g/mol. The van der Waals surface area contributed by atoms with E-state index in [-0.39, 0.29) is 11.6 Å². The molecule has 132 valence electrons. The zero-order chi connectivity index (χ0) is 17.8. The van der Waals surface area contributed by atoms with Crippen LogP contribution in [0.1, 0.15) is 15.9 Å². The summed E-state index contributed by atoms with van der Waals surface area (Å²) in [6, 6.07) is 11.9. The SMILES string of the molecule is COc1cc(N2CCN(Cc3ccc(C(=O)O)cc3)CC2)ccc1F. The molecule has 1 saturated heterocycles. The van der Waals surface area contributed by atoms with Crippen molar-refractivity contribution in [3.8, 4) is 5.75 Å². The van der Waals surface area contributed by atoms with Crippen LogP contribution in [0.4, 0.5) is 10.1 Å². The Kier molecular flexibility index (Phi) is 5.19. The van der Waals surface area contributed by atoms with Crippen LogP contribution in [0.5, 0.6) is 5.75 Å². The first-order valence-corrected chi connectivity index (χ1v) is 8.20. The van der Waals surface area contributed by atoms with Crippen LogP contribution in [0.3, 0.4) is 0 Å². The number of anilines is 1. The quantitative estimate of drug-likeness (QED) is 0.904. The summed E-state index contributed by atoms with van der Waals surface area (Å²) in [5, 5.41) is 8.94. The Morgan fingerprint density at radius 1 is 1.12 bits per heavy atom. The summed E-state index contributed by atoms with van der Waals surface area (Å²) in [4.78, 5) is 15.4. The van der Waals surface area contributed by atoms with Crippen LogP contribution in [-0.4, -0.2) is 49.3 Å². The fourth-order valence-corrected chi connectivity index (χ4v) is 3.02. The predicted molar refractivity (Wildman–Crippen MR) is 93.8 cm³/mol. The minimum atomic E-state index is -0.908. The Bertz CT molecular complexity index is 741. The van der Waals surface area contributed by atoms with Crippen molar-refractivity contribution in [1.29, 1.82) is 0 Å². The van der Waals surface area contributed by atoms with E-state index in [1.807, 2.05) is 12.1 Å². The summed E-state index contributed by atoms with van der Waals surface area (Å²) in [6.45, 7) is 4.27. The lowest BCUT2D eigenvalue weighted by Crippen LogP contribution is -2.46. The second-order valence-electron chi connectivity index (χ2n) is 6.08. The number of carboxylic acid groups (broad SMARTS) is 1. The van der Waals surface area contributed by atoms with E-state index in [0.29, 0.717) is 5.56 Å². The van der Waals surface area contributed by atoms with E-state index in [1.54, 1.807) is 24.3 Å². The van der Waals surface area contributed by atoms with E-state index in [9.17, 15) is 9.18 Å². The second kappa shape index (κ2) is 7.53. The minimum Gasteiger partial charge on any atom is -0.494 e. The molecule has 0 aromatic heterocycles. The molecular formula is C19H21FN2O3. The maximum atomic E-state index is 13.5. The van der Waals surface area contributed by atoms with Gasteiger partial charge in [0.1, 0.15) is 0 Å². The number of halogens is 1. The molecular weight excluding hydrogens is 323 g/mol. The number of nitrogens with zero attached hydrogens (tertiary/aromatic N) is 2. The van der Waals surface area contributed by atoms with Gasteiger partial charge in [-0.15, -0.1) is 0 Å². The van der Waals surface area contributed by atoms with E-state index in [4.69, 9.17) is 9.84 Å². The Hall–Kier alpha value is -2.60. The number of benzene rings is 2. The summed E-state index contributed by atoms with van der Waals surface area (Å²) in [5.74, 6) is -0.997. The van der Waals surface area contributed by atoms with Crippen molar-refractivity contribution in [2.24, 2.45) is 0 Å². The number of aromatic carboxylic acids is 1. The molecule has 0 bridgehead atoms. The number of carbonyl (C=O) groups is 1. The van der Waals surface area contributed by atoms with Crippen molar-refractivity contribution >= 4 is 11.7 Å². The largest absolute Gasteiger partial charge is 0.494 e. The Labute approximate surface area is 146 Å². The van der Waals surface area contributed by atoms with Gasteiger partial charge >= 0.3 is 5.97 Å². The molecule has 6 heteroatoms. The molecule has 0 aliphatic carbocycles. The van der Waals surface area contributed by atoms with Gasteiger partial charge < -0.3 is 14.7 Å². The number of ether oxygens (including phenoxy) is 1. The first kappa shape index (κ1) is 17.2. The Balaban J connectivity index is 1.57. The highest BCUT2D eigenvalue weighted by Crippen LogP contribution is 2.25. The topological polar surface area (TPSA) is 53.0 Å². The van der Waals surface area contributed by atoms with E-state index in [1.165, 1.54) is 13.2 Å². The average molecular weight is 344 g/mol. The molecule has 0 unspecified atom stereocenters. The molecule has 1 N–H and O–H groups in total. The molecule has 1 aliphatic rings. The standard InChI is InChI=1S/C19H21FN2O3/c1-25-18-12-16(6-7-17(18)20)22-10-8-21(9-11-22)13-14-2-4-15(5-3-14)19(23)24/h2-7,12H,8-11,13H2,1H3,(H,23,24). The molecule has 0 atom stereocenters. The summed E-state index contributed by atoms with van der Waals surface area (Å²) >= 11 is 0. The molecule has 0 spiro atoms. The maximum absolute atomic E-state index is 13.5. The van der Waals surface area contributed by atoms with Gasteiger partial charge in [-0.05, 0) is 29.8 Å². The number of carboxylic acids is 1. The lowest BCUT2D eigenvalue weighted by Gasteiger charge is -2.36. The van der Waals surface area contributed by atoms with Crippen molar-refractivity contribution < 1.29 is 19.0 Å². The van der Waals surface area contributed by atoms with Crippen molar-refractivity contribution in [1.82, 2.24) is 4.90 Å². The van der Waals surface area contributed by atoms with E-state index in [0.717, 1.165) is 44.0 Å². The lowest BCUT2D eigenvalue weighted by atomic mass is 10.1. The summed E-state index contributed by atoms with van der Waals surface area (Å²) in [5.41, 5.74) is 2.37. The fourth-order valence-electron chi connectivity index (χ4n) is 3.02. The molecule has 0 saturated carbocycles. The van der Waals surface area contributed by atoms with Crippen LogP contribution < -0.4 is 9.64 Å². The average Bonchev–Trinajstić information content (AvgIpc) is 2.63. The first-order chi connectivity index (χ1) is 12.1. The van der Waals surface area contributed by atoms with Gasteiger partial charge in [0.25, 0.3) is 0 Å². The minimum absolute atomic E-state index is 0.262. The molecule has 3 rings (SSSR count). The van der Waals surface area contributed by atoms with Crippen LogP contribution in [0.2, 0.25) is 0 Å². The molecule has 2 aromatic carbocycles. The lowest BCUT2D eigenvalue weighted by molar-refractivity contribution is 0.0697. The fraction of sp³-hybridized carbons (Fsp3) is 0.316. The third-order valence-electron chi connectivity index (χ3n) is 4.48. The number of methoxy groups -OCH3 is 1. The van der Waals surface area contributed by atoms with Crippen molar-refractivity contribution in [3.05, 3.63) is 59.4 Å². The molecule has 5 nitrogen and oxygen atoms in total. The van der Waals surface area contributed by atoms with Gasteiger partial charge in [-0.2, -0.15) is 0 Å². The Morgan fingerprint density at radius 3 is 2.40 bits per heavy atom. The van der Waals surface area contributed by atoms with Gasteiger partial charge in [-0.25, -0.2) is 9.18 Å². The Morgan fingerprint density at radius 2 is 1.80 bits per heavy atom. The summed E-state index contributed by atoms with van der Waals surface area (Å²) in [6.07, 6.45) is 0. The third-order valence-corrected chi connectivity index (χ3v) is 4.48. The number of piperazine rings is 1. The molecule has 0 amide bonds. The van der Waals surface area contributed by atoms with Crippen LogP contribution in [0.15, 0.2) is 42.5 Å². The molecule has 2 aromatic rings. The smallest absolute Gasteiger partial charge is 0.335 e. The molecule has 25 heavy (non-hydrogen) atoms. The molecule has 1 fully saturated rings. The van der Waals surface area contributed by atoms with E-state index < -0.39 is 5.97 Å². The van der Waals surface area contributed by atoms with Crippen molar-refractivity contribution in [2.75, 3.05) is 38.2 Å². The molecule has 1 aliphatic heterocycles. The van der Waals surface area contributed by atoms with Gasteiger partial charge in [0.2, 0.25) is 0 Å².